The number of nitriles is 1. The fourth-order valence-electron chi connectivity index (χ4n) is 4.77. The van der Waals surface area contributed by atoms with Crippen LogP contribution in [0, 0.1) is 30.0 Å². The van der Waals surface area contributed by atoms with Gasteiger partial charge in [-0.3, -0.25) is 9.36 Å². The van der Waals surface area contributed by atoms with Crippen LogP contribution in [0.3, 0.4) is 0 Å². The van der Waals surface area contributed by atoms with Gasteiger partial charge in [0.05, 0.1) is 16.5 Å². The molecule has 8 nitrogen and oxygen atoms in total. The van der Waals surface area contributed by atoms with Crippen molar-refractivity contribution in [3.05, 3.63) is 99.4 Å². The number of rotatable bonds is 9. The van der Waals surface area contributed by atoms with Crippen LogP contribution >= 0.6 is 0 Å². The molecule has 0 saturated carbocycles. The number of aromatic nitrogens is 3. The largest absolute Gasteiger partial charge is 0.493 e. The van der Waals surface area contributed by atoms with Crippen molar-refractivity contribution >= 4 is 9.84 Å². The first kappa shape index (κ1) is 29.6. The molecule has 0 amide bonds. The van der Waals surface area contributed by atoms with Crippen LogP contribution in [0.25, 0.3) is 11.1 Å². The van der Waals surface area contributed by atoms with Crippen LogP contribution in [0.15, 0.2) is 69.3 Å². The highest BCUT2D eigenvalue weighted by molar-refractivity contribution is 7.91. The summed E-state index contributed by atoms with van der Waals surface area (Å²) in [7, 11) is -4.57. The Morgan fingerprint density at radius 3 is 2.41 bits per heavy atom. The van der Waals surface area contributed by atoms with Crippen molar-refractivity contribution in [3.8, 4) is 23.1 Å². The number of aromatic hydroxyl groups is 1. The number of aryl methyl sites for hydroxylation is 1. The molecule has 0 aliphatic carbocycles. The van der Waals surface area contributed by atoms with Gasteiger partial charge in [-0.2, -0.15) is 14.6 Å². The number of halogens is 2. The van der Waals surface area contributed by atoms with E-state index in [0.717, 1.165) is 12.5 Å². The molecule has 4 rings (SSSR count). The standard InChI is InChI=1S/C30H28F2N4O4S/c1-4-6-7-26-35-29(37)27(30(38)36(26)25(5-2)20-8-9-21(17-33)24(31)16-20)41(39,40)22-12-10-19(11-13-22)23-14-15-34-28(32)18(23)3/h8-16,25,38H,4-7H2,1-3H3. The van der Waals surface area contributed by atoms with Crippen molar-refractivity contribution in [1.29, 1.82) is 5.26 Å². The number of sulfone groups is 1. The molecule has 1 N–H and O–H groups in total. The molecule has 0 saturated heterocycles. The summed E-state index contributed by atoms with van der Waals surface area (Å²) in [6.45, 7) is 5.25. The van der Waals surface area contributed by atoms with E-state index in [-0.39, 0.29) is 22.7 Å². The second-order valence-electron chi connectivity index (χ2n) is 9.54. The Morgan fingerprint density at radius 2 is 1.80 bits per heavy atom. The van der Waals surface area contributed by atoms with Gasteiger partial charge in [-0.25, -0.2) is 17.8 Å². The maximum atomic E-state index is 14.5. The molecule has 41 heavy (non-hydrogen) atoms. The molecule has 0 bridgehead atoms. The Morgan fingerprint density at radius 1 is 1.10 bits per heavy atom. The van der Waals surface area contributed by atoms with Gasteiger partial charge in [-0.05, 0) is 66.8 Å². The molecule has 0 radical (unpaired) electrons. The van der Waals surface area contributed by atoms with E-state index in [1.807, 2.05) is 6.92 Å². The summed E-state index contributed by atoms with van der Waals surface area (Å²) in [5.41, 5.74) is 0.450. The first-order valence-electron chi connectivity index (χ1n) is 13.1. The number of hydrogen-bond donors (Lipinski definition) is 1. The first-order chi connectivity index (χ1) is 19.5. The van der Waals surface area contributed by atoms with Crippen LogP contribution in [-0.2, 0) is 16.3 Å². The molecule has 1 unspecified atom stereocenters. The highest BCUT2D eigenvalue weighted by Gasteiger charge is 2.32. The fourth-order valence-corrected chi connectivity index (χ4v) is 6.12. The SMILES string of the molecule is CCCCc1nc(=O)c(S(=O)(=O)c2ccc(-c3ccnc(F)c3C)cc2)c(O)n1C(CC)c1ccc(C#N)c(F)c1. The zero-order chi connectivity index (χ0) is 29.9. The molecule has 0 spiro atoms. The normalized spacial score (nSPS) is 12.2. The van der Waals surface area contributed by atoms with Crippen molar-refractivity contribution in [3.63, 3.8) is 0 Å². The molecular formula is C30H28F2N4O4S. The Bertz CT molecular complexity index is 1810. The number of benzene rings is 2. The lowest BCUT2D eigenvalue weighted by Crippen LogP contribution is -2.27. The van der Waals surface area contributed by atoms with E-state index < -0.39 is 44.0 Å². The van der Waals surface area contributed by atoms with E-state index >= 15 is 0 Å². The molecule has 0 aliphatic rings. The quantitative estimate of drug-likeness (QED) is 0.255. The molecular weight excluding hydrogens is 550 g/mol. The number of nitrogens with zero attached hydrogens (tertiary/aromatic N) is 4. The zero-order valence-electron chi connectivity index (χ0n) is 22.7. The van der Waals surface area contributed by atoms with Crippen LogP contribution in [0.1, 0.15) is 61.7 Å². The monoisotopic (exact) mass is 578 g/mol. The summed E-state index contributed by atoms with van der Waals surface area (Å²) in [6.07, 6.45) is 3.21. The third-order valence-corrected chi connectivity index (χ3v) is 8.76. The predicted octanol–water partition coefficient (Wildman–Crippen LogP) is 5.64. The van der Waals surface area contributed by atoms with Crippen molar-refractivity contribution in [2.45, 2.75) is 62.3 Å². The second kappa shape index (κ2) is 12.0. The molecule has 4 aromatic rings. The van der Waals surface area contributed by atoms with E-state index in [9.17, 15) is 27.1 Å². The van der Waals surface area contributed by atoms with Gasteiger partial charge in [0.2, 0.25) is 21.7 Å². The smallest absolute Gasteiger partial charge is 0.296 e. The molecule has 0 aliphatic heterocycles. The van der Waals surface area contributed by atoms with Gasteiger partial charge in [0.15, 0.2) is 4.90 Å². The van der Waals surface area contributed by atoms with Gasteiger partial charge >= 0.3 is 0 Å². The molecule has 2 aromatic heterocycles. The Balaban J connectivity index is 1.88. The third kappa shape index (κ3) is 5.60. The van der Waals surface area contributed by atoms with Crippen LogP contribution in [0.5, 0.6) is 5.88 Å². The van der Waals surface area contributed by atoms with E-state index in [1.165, 1.54) is 47.2 Å². The predicted molar refractivity (Wildman–Crippen MR) is 148 cm³/mol. The summed E-state index contributed by atoms with van der Waals surface area (Å²) in [6, 6.07) is 12.0. The van der Waals surface area contributed by atoms with Gasteiger partial charge in [0, 0.05) is 18.2 Å². The Hall–Kier alpha value is -4.43. The fraction of sp³-hybridized carbons (Fsp3) is 0.267. The van der Waals surface area contributed by atoms with Gasteiger partial charge in [0.25, 0.3) is 5.56 Å². The summed E-state index contributed by atoms with van der Waals surface area (Å²) in [5.74, 6) is -2.05. The minimum absolute atomic E-state index is 0.159. The van der Waals surface area contributed by atoms with Crippen molar-refractivity contribution in [1.82, 2.24) is 14.5 Å². The average Bonchev–Trinajstić information content (AvgIpc) is 2.95. The summed E-state index contributed by atoms with van der Waals surface area (Å²) in [5, 5.41) is 20.5. The Kier molecular flexibility index (Phi) is 8.63. The lowest BCUT2D eigenvalue weighted by molar-refractivity contribution is 0.358. The molecule has 2 heterocycles. The molecule has 212 valence electrons. The number of hydrogen-bond acceptors (Lipinski definition) is 7. The lowest BCUT2D eigenvalue weighted by Gasteiger charge is -2.25. The summed E-state index contributed by atoms with van der Waals surface area (Å²) >= 11 is 0. The van der Waals surface area contributed by atoms with Crippen molar-refractivity contribution in [2.24, 2.45) is 0 Å². The van der Waals surface area contributed by atoms with E-state index in [1.54, 1.807) is 26.0 Å². The topological polar surface area (TPSA) is 126 Å². The maximum absolute atomic E-state index is 14.5. The van der Waals surface area contributed by atoms with E-state index in [4.69, 9.17) is 5.26 Å². The van der Waals surface area contributed by atoms with Crippen molar-refractivity contribution < 1.29 is 22.3 Å². The lowest BCUT2D eigenvalue weighted by atomic mass is 10.0. The van der Waals surface area contributed by atoms with E-state index in [2.05, 4.69) is 9.97 Å². The highest BCUT2D eigenvalue weighted by atomic mass is 32.2. The van der Waals surface area contributed by atoms with Crippen LogP contribution in [-0.4, -0.2) is 28.1 Å². The molecule has 1 atom stereocenters. The Labute approximate surface area is 236 Å². The first-order valence-corrected chi connectivity index (χ1v) is 14.5. The number of pyridine rings is 1. The zero-order valence-corrected chi connectivity index (χ0v) is 23.5. The van der Waals surface area contributed by atoms with Crippen LogP contribution in [0.2, 0.25) is 0 Å². The van der Waals surface area contributed by atoms with Gasteiger partial charge < -0.3 is 5.11 Å². The minimum Gasteiger partial charge on any atom is -0.493 e. The highest BCUT2D eigenvalue weighted by Crippen LogP contribution is 2.34. The van der Waals surface area contributed by atoms with Gasteiger partial charge in [-0.1, -0.05) is 38.5 Å². The van der Waals surface area contributed by atoms with Crippen molar-refractivity contribution in [2.75, 3.05) is 0 Å². The minimum atomic E-state index is -4.57. The summed E-state index contributed by atoms with van der Waals surface area (Å²) < 4.78 is 57.2. The third-order valence-electron chi connectivity index (χ3n) is 6.97. The maximum Gasteiger partial charge on any atom is 0.296 e. The molecule has 0 fully saturated rings. The number of unbranched alkanes of at least 4 members (excludes halogenated alkanes) is 1. The molecule has 2 aromatic carbocycles. The van der Waals surface area contributed by atoms with E-state index in [0.29, 0.717) is 35.1 Å². The average molecular weight is 579 g/mol. The summed E-state index contributed by atoms with van der Waals surface area (Å²) in [4.78, 5) is 19.6. The van der Waals surface area contributed by atoms with Gasteiger partial charge in [-0.15, -0.1) is 0 Å². The van der Waals surface area contributed by atoms with Gasteiger partial charge in [0.1, 0.15) is 17.7 Å². The second-order valence-corrected chi connectivity index (χ2v) is 11.4. The van der Waals surface area contributed by atoms with Crippen LogP contribution < -0.4 is 5.56 Å². The molecule has 11 heteroatoms. The van der Waals surface area contributed by atoms with Crippen LogP contribution in [0.4, 0.5) is 8.78 Å².